The van der Waals surface area contributed by atoms with Crippen molar-refractivity contribution >= 4 is 38.5 Å². The second-order valence-electron chi connectivity index (χ2n) is 4.77. The molecule has 1 aromatic carbocycles. The number of rotatable bonds is 3. The van der Waals surface area contributed by atoms with Crippen LogP contribution in [0.1, 0.15) is 6.42 Å². The Morgan fingerprint density at radius 3 is 2.90 bits per heavy atom. The zero-order valence-electron chi connectivity index (χ0n) is 10.7. The molecule has 1 aliphatic heterocycles. The first kappa shape index (κ1) is 13.7. The van der Waals surface area contributed by atoms with Crippen molar-refractivity contribution in [2.45, 2.75) is 17.4 Å². The zero-order valence-corrected chi connectivity index (χ0v) is 12.4. The predicted molar refractivity (Wildman–Crippen MR) is 82.2 cm³/mol. The zero-order chi connectivity index (χ0) is 14.2. The second-order valence-corrected chi connectivity index (χ2v) is 7.64. The number of nitrogens with two attached hydrogens (primary N) is 1. The summed E-state index contributed by atoms with van der Waals surface area (Å²) in [6.07, 6.45) is 0.884. The molecule has 2 heterocycles. The maximum Gasteiger partial charge on any atom is 0.240 e. The van der Waals surface area contributed by atoms with Gasteiger partial charge in [0.15, 0.2) is 0 Å². The number of nitrogens with one attached hydrogen (secondary N) is 1. The molecule has 1 atom stereocenters. The number of sulfonamides is 1. The van der Waals surface area contributed by atoms with Crippen molar-refractivity contribution in [3.8, 4) is 0 Å². The standard InChI is InChI=1S/C13H15N3O2S2/c14-13-4-1-9-7-11(2-3-12(9)15-13)20(17,18)16-10-5-6-19-8-10/h1-4,7,10,16H,5-6,8H2,(H2,14,15). The van der Waals surface area contributed by atoms with E-state index in [0.29, 0.717) is 11.3 Å². The summed E-state index contributed by atoms with van der Waals surface area (Å²) in [7, 11) is -3.47. The lowest BCUT2D eigenvalue weighted by atomic mass is 10.2. The van der Waals surface area contributed by atoms with Crippen LogP contribution in [-0.2, 0) is 10.0 Å². The van der Waals surface area contributed by atoms with Crippen molar-refractivity contribution in [2.24, 2.45) is 0 Å². The van der Waals surface area contributed by atoms with E-state index in [-0.39, 0.29) is 10.9 Å². The molecule has 2 aromatic rings. The summed E-state index contributed by atoms with van der Waals surface area (Å²) in [5, 5.41) is 0.767. The van der Waals surface area contributed by atoms with Crippen LogP contribution in [0, 0.1) is 0 Å². The van der Waals surface area contributed by atoms with Crippen molar-refractivity contribution in [1.82, 2.24) is 9.71 Å². The van der Waals surface area contributed by atoms with E-state index in [9.17, 15) is 8.42 Å². The van der Waals surface area contributed by atoms with Gasteiger partial charge in [-0.1, -0.05) is 0 Å². The van der Waals surface area contributed by atoms with E-state index in [2.05, 4.69) is 9.71 Å². The van der Waals surface area contributed by atoms with E-state index >= 15 is 0 Å². The molecule has 5 nitrogen and oxygen atoms in total. The van der Waals surface area contributed by atoms with E-state index < -0.39 is 10.0 Å². The van der Waals surface area contributed by atoms with E-state index in [1.165, 1.54) is 0 Å². The molecule has 20 heavy (non-hydrogen) atoms. The summed E-state index contributed by atoms with van der Waals surface area (Å²) in [6, 6.07) is 8.36. The number of benzene rings is 1. The maximum absolute atomic E-state index is 12.3. The highest BCUT2D eigenvalue weighted by atomic mass is 32.2. The number of pyridine rings is 1. The van der Waals surface area contributed by atoms with Crippen molar-refractivity contribution in [1.29, 1.82) is 0 Å². The van der Waals surface area contributed by atoms with Gasteiger partial charge in [0, 0.05) is 17.2 Å². The first-order chi connectivity index (χ1) is 9.54. The largest absolute Gasteiger partial charge is 0.384 e. The normalized spacial score (nSPS) is 19.5. The van der Waals surface area contributed by atoms with Crippen LogP contribution in [-0.4, -0.2) is 30.9 Å². The number of hydrogen-bond acceptors (Lipinski definition) is 5. The summed E-state index contributed by atoms with van der Waals surface area (Å²) in [6.45, 7) is 0. The highest BCUT2D eigenvalue weighted by Crippen LogP contribution is 2.22. The van der Waals surface area contributed by atoms with Gasteiger partial charge in [0.05, 0.1) is 10.4 Å². The Balaban J connectivity index is 1.94. The Morgan fingerprint density at radius 2 is 2.15 bits per heavy atom. The van der Waals surface area contributed by atoms with Crippen LogP contribution in [0.3, 0.4) is 0 Å². The lowest BCUT2D eigenvalue weighted by Gasteiger charge is -2.12. The van der Waals surface area contributed by atoms with Crippen molar-refractivity contribution in [3.05, 3.63) is 30.3 Å². The molecule has 1 aromatic heterocycles. The molecule has 3 rings (SSSR count). The van der Waals surface area contributed by atoms with Crippen LogP contribution in [0.4, 0.5) is 5.82 Å². The molecule has 0 spiro atoms. The average molecular weight is 309 g/mol. The van der Waals surface area contributed by atoms with Crippen LogP contribution in [0.15, 0.2) is 35.2 Å². The summed E-state index contributed by atoms with van der Waals surface area (Å²) in [4.78, 5) is 4.43. The number of anilines is 1. The molecule has 0 saturated carbocycles. The Morgan fingerprint density at radius 1 is 1.30 bits per heavy atom. The summed E-state index contributed by atoms with van der Waals surface area (Å²) in [5.41, 5.74) is 6.31. The van der Waals surface area contributed by atoms with Crippen LogP contribution < -0.4 is 10.5 Å². The molecule has 0 aliphatic carbocycles. The maximum atomic E-state index is 12.3. The van der Waals surface area contributed by atoms with E-state index in [1.54, 1.807) is 42.1 Å². The Labute approximate surface area is 122 Å². The van der Waals surface area contributed by atoms with E-state index in [0.717, 1.165) is 23.3 Å². The first-order valence-electron chi connectivity index (χ1n) is 6.31. The minimum Gasteiger partial charge on any atom is -0.384 e. The fourth-order valence-electron chi connectivity index (χ4n) is 2.20. The first-order valence-corrected chi connectivity index (χ1v) is 8.95. The van der Waals surface area contributed by atoms with Crippen LogP contribution in [0.25, 0.3) is 10.9 Å². The number of thioether (sulfide) groups is 1. The molecule has 3 N–H and O–H groups in total. The summed E-state index contributed by atoms with van der Waals surface area (Å²) < 4.78 is 27.4. The fourth-order valence-corrected chi connectivity index (χ4v) is 4.76. The third kappa shape index (κ3) is 2.74. The van der Waals surface area contributed by atoms with Gasteiger partial charge in [0.25, 0.3) is 0 Å². The predicted octanol–water partition coefficient (Wildman–Crippen LogP) is 1.60. The van der Waals surface area contributed by atoms with Gasteiger partial charge in [0.1, 0.15) is 5.82 Å². The number of nitrogen functional groups attached to an aromatic ring is 1. The number of fused-ring (bicyclic) bond motifs is 1. The lowest BCUT2D eigenvalue weighted by Crippen LogP contribution is -2.34. The quantitative estimate of drug-likeness (QED) is 0.899. The number of aromatic nitrogens is 1. The smallest absolute Gasteiger partial charge is 0.240 e. The van der Waals surface area contributed by atoms with Crippen LogP contribution >= 0.6 is 11.8 Å². The van der Waals surface area contributed by atoms with Crippen LogP contribution in [0.2, 0.25) is 0 Å². The van der Waals surface area contributed by atoms with Gasteiger partial charge < -0.3 is 5.73 Å². The molecular weight excluding hydrogens is 294 g/mol. The van der Waals surface area contributed by atoms with Gasteiger partial charge in [-0.05, 0) is 42.5 Å². The van der Waals surface area contributed by atoms with Gasteiger partial charge in [-0.15, -0.1) is 0 Å². The van der Waals surface area contributed by atoms with Crippen molar-refractivity contribution in [2.75, 3.05) is 17.2 Å². The number of nitrogens with zero attached hydrogens (tertiary/aromatic N) is 1. The molecule has 1 saturated heterocycles. The van der Waals surface area contributed by atoms with Gasteiger partial charge in [0.2, 0.25) is 10.0 Å². The topological polar surface area (TPSA) is 85.1 Å². The molecular formula is C13H15N3O2S2. The van der Waals surface area contributed by atoms with Crippen LogP contribution in [0.5, 0.6) is 0 Å². The minimum absolute atomic E-state index is 0.0326. The van der Waals surface area contributed by atoms with Gasteiger partial charge >= 0.3 is 0 Å². The average Bonchev–Trinajstić information content (AvgIpc) is 2.90. The lowest BCUT2D eigenvalue weighted by molar-refractivity contribution is 0.563. The highest BCUT2D eigenvalue weighted by molar-refractivity contribution is 7.99. The molecule has 0 bridgehead atoms. The fraction of sp³-hybridized carbons (Fsp3) is 0.308. The third-order valence-electron chi connectivity index (χ3n) is 3.24. The molecule has 0 radical (unpaired) electrons. The van der Waals surface area contributed by atoms with Crippen molar-refractivity contribution < 1.29 is 8.42 Å². The number of hydrogen-bond donors (Lipinski definition) is 2. The monoisotopic (exact) mass is 309 g/mol. The SMILES string of the molecule is Nc1ccc2cc(S(=O)(=O)NC3CCSC3)ccc2n1. The Hall–Kier alpha value is -1.31. The van der Waals surface area contributed by atoms with E-state index in [1.807, 2.05) is 0 Å². The molecule has 0 amide bonds. The van der Waals surface area contributed by atoms with Gasteiger partial charge in [-0.25, -0.2) is 18.1 Å². The summed E-state index contributed by atoms with van der Waals surface area (Å²) in [5.74, 6) is 2.27. The van der Waals surface area contributed by atoms with Gasteiger partial charge in [-0.3, -0.25) is 0 Å². The minimum atomic E-state index is -3.47. The van der Waals surface area contributed by atoms with Gasteiger partial charge in [-0.2, -0.15) is 11.8 Å². The second kappa shape index (κ2) is 5.23. The molecule has 1 unspecified atom stereocenters. The Kier molecular flexibility index (Phi) is 3.57. The molecule has 7 heteroatoms. The third-order valence-corrected chi connectivity index (χ3v) is 5.92. The van der Waals surface area contributed by atoms with E-state index in [4.69, 9.17) is 5.73 Å². The molecule has 106 valence electrons. The highest BCUT2D eigenvalue weighted by Gasteiger charge is 2.23. The van der Waals surface area contributed by atoms with Crippen molar-refractivity contribution in [3.63, 3.8) is 0 Å². The summed E-state index contributed by atoms with van der Waals surface area (Å²) >= 11 is 1.77. The Bertz CT molecular complexity index is 740. The molecule has 1 fully saturated rings. The molecule has 1 aliphatic rings.